The number of aliphatic hydroxyl groups is 1. The van der Waals surface area contributed by atoms with Gasteiger partial charge in [-0.3, -0.25) is 9.59 Å². The molecule has 23 heavy (non-hydrogen) atoms. The van der Waals surface area contributed by atoms with Gasteiger partial charge in [-0.15, -0.1) is 0 Å². The monoisotopic (exact) mass is 327 g/mol. The smallest absolute Gasteiger partial charge is 0.158 e. The minimum atomic E-state index is -2.42. The molecular weight excluding hydrogens is 298 g/mol. The second kappa shape index (κ2) is 8.02. The Morgan fingerprint density at radius 2 is 1.43 bits per heavy atom. The highest BCUT2D eigenvalue weighted by Gasteiger charge is 2.53. The van der Waals surface area contributed by atoms with Gasteiger partial charge in [0.05, 0.1) is 27.1 Å². The minimum Gasteiger partial charge on any atom is -0.548 e. The lowest BCUT2D eigenvalue weighted by molar-refractivity contribution is -0.874. The summed E-state index contributed by atoms with van der Waals surface area (Å²) in [6, 6.07) is 0. The largest absolute Gasteiger partial charge is 0.548 e. The summed E-state index contributed by atoms with van der Waals surface area (Å²) < 4.78 is 0.247. The molecule has 1 fully saturated rings. The SMILES string of the molecule is C[N+](C)(C)CC(O)C1(C(=O)[O-])C(=O)CCCCCCCCC1=O. The number of aliphatic hydroxyl groups excluding tert-OH is 1. The number of ketones is 2. The van der Waals surface area contributed by atoms with Crippen molar-refractivity contribution in [2.75, 3.05) is 27.7 Å². The number of aliphatic carboxylic acids is 1. The van der Waals surface area contributed by atoms with Gasteiger partial charge >= 0.3 is 0 Å². The molecule has 1 unspecified atom stereocenters. The summed E-state index contributed by atoms with van der Waals surface area (Å²) in [7, 11) is 5.31. The maximum atomic E-state index is 12.6. The number of hydrogen-bond donors (Lipinski definition) is 1. The van der Waals surface area contributed by atoms with E-state index in [0.717, 1.165) is 25.7 Å². The van der Waals surface area contributed by atoms with Gasteiger partial charge in [0.15, 0.2) is 17.0 Å². The summed E-state index contributed by atoms with van der Waals surface area (Å²) in [5.74, 6) is -3.16. The van der Waals surface area contributed by atoms with Crippen LogP contribution in [-0.2, 0) is 14.4 Å². The van der Waals surface area contributed by atoms with Crippen LogP contribution in [-0.4, -0.2) is 60.9 Å². The zero-order valence-corrected chi connectivity index (χ0v) is 14.5. The number of Topliss-reactive ketones (excluding diaryl/α,β-unsaturated/α-hetero) is 2. The highest BCUT2D eigenvalue weighted by Crippen LogP contribution is 2.31. The number of likely N-dealkylation sites (N-methyl/N-ethyl adjacent to an activating group) is 1. The topological polar surface area (TPSA) is 94.5 Å². The van der Waals surface area contributed by atoms with E-state index in [0.29, 0.717) is 12.8 Å². The molecule has 1 aliphatic carbocycles. The molecule has 0 aromatic carbocycles. The number of nitrogens with zero attached hydrogens (tertiary/aromatic N) is 1. The van der Waals surface area contributed by atoms with Gasteiger partial charge in [0.1, 0.15) is 12.6 Å². The van der Waals surface area contributed by atoms with Crippen LogP contribution in [0.5, 0.6) is 0 Å². The second-order valence-electron chi connectivity index (χ2n) is 7.55. The predicted octanol–water partition coefficient (Wildman–Crippen LogP) is 0.0624. The lowest BCUT2D eigenvalue weighted by Crippen LogP contribution is -2.63. The maximum Gasteiger partial charge on any atom is 0.158 e. The highest BCUT2D eigenvalue weighted by molar-refractivity contribution is 6.22. The van der Waals surface area contributed by atoms with Crippen molar-refractivity contribution in [1.82, 2.24) is 0 Å². The van der Waals surface area contributed by atoms with Crippen molar-refractivity contribution in [3.63, 3.8) is 0 Å². The number of carboxylic acid groups (broad SMARTS) is 1. The summed E-state index contributed by atoms with van der Waals surface area (Å²) in [6.07, 6.45) is 3.09. The minimum absolute atomic E-state index is 0.00603. The molecule has 1 saturated carbocycles. The Balaban J connectivity index is 3.23. The van der Waals surface area contributed by atoms with E-state index in [4.69, 9.17) is 0 Å². The van der Waals surface area contributed by atoms with Crippen LogP contribution >= 0.6 is 0 Å². The van der Waals surface area contributed by atoms with E-state index in [1.54, 1.807) is 21.1 Å². The Kier molecular flexibility index (Phi) is 6.89. The molecule has 1 N–H and O–H groups in total. The van der Waals surface area contributed by atoms with Crippen LogP contribution in [0.1, 0.15) is 51.4 Å². The Labute approximate surface area is 138 Å². The van der Waals surface area contributed by atoms with Crippen molar-refractivity contribution in [2.45, 2.75) is 57.5 Å². The quantitative estimate of drug-likeness (QED) is 0.582. The van der Waals surface area contributed by atoms with Crippen molar-refractivity contribution >= 4 is 17.5 Å². The predicted molar refractivity (Wildman–Crippen MR) is 83.3 cm³/mol. The lowest BCUT2D eigenvalue weighted by Gasteiger charge is -2.39. The van der Waals surface area contributed by atoms with E-state index in [2.05, 4.69) is 0 Å². The molecule has 0 aliphatic heterocycles. The number of quaternary nitrogens is 1. The molecular formula is C17H29NO5. The first-order valence-corrected chi connectivity index (χ1v) is 8.39. The van der Waals surface area contributed by atoms with Gasteiger partial charge in [-0.25, -0.2) is 0 Å². The molecule has 0 radical (unpaired) electrons. The number of carbonyl (C=O) groups excluding carboxylic acids is 3. The molecule has 6 nitrogen and oxygen atoms in total. The molecule has 1 rings (SSSR count). The summed E-state index contributed by atoms with van der Waals surface area (Å²) in [6.45, 7) is -0.00847. The third-order valence-electron chi connectivity index (χ3n) is 4.48. The van der Waals surface area contributed by atoms with Gasteiger partial charge in [-0.05, 0) is 12.8 Å². The standard InChI is InChI=1S/C17H29NO5/c1-18(2,3)12-15(21)17(16(22)23)13(19)10-8-6-4-5-7-9-11-14(17)20/h15,21H,4-12H2,1-3H3. The van der Waals surface area contributed by atoms with Gasteiger partial charge in [0.25, 0.3) is 0 Å². The number of hydrogen-bond acceptors (Lipinski definition) is 5. The fourth-order valence-corrected chi connectivity index (χ4v) is 3.22. The van der Waals surface area contributed by atoms with E-state index in [1.165, 1.54) is 0 Å². The zero-order chi connectivity index (χ0) is 17.7. The van der Waals surface area contributed by atoms with Crippen LogP contribution in [0.2, 0.25) is 0 Å². The summed E-state index contributed by atoms with van der Waals surface area (Å²) in [5.41, 5.74) is -2.42. The van der Waals surface area contributed by atoms with Crippen LogP contribution in [0.3, 0.4) is 0 Å². The number of carboxylic acids is 1. The molecule has 1 aliphatic rings. The van der Waals surface area contributed by atoms with E-state index in [-0.39, 0.29) is 23.9 Å². The third kappa shape index (κ3) is 4.85. The first-order valence-electron chi connectivity index (χ1n) is 8.39. The number of carbonyl (C=O) groups is 3. The fraction of sp³-hybridized carbons (Fsp3) is 0.824. The Bertz CT molecular complexity index is 430. The zero-order valence-electron chi connectivity index (χ0n) is 14.5. The summed E-state index contributed by atoms with van der Waals surface area (Å²) >= 11 is 0. The van der Waals surface area contributed by atoms with Gasteiger partial charge in [0, 0.05) is 12.8 Å². The summed E-state index contributed by atoms with van der Waals surface area (Å²) in [4.78, 5) is 37.1. The Hall–Kier alpha value is -1.27. The number of rotatable bonds is 4. The Morgan fingerprint density at radius 1 is 1.04 bits per heavy atom. The van der Waals surface area contributed by atoms with Crippen molar-refractivity contribution in [3.05, 3.63) is 0 Å². The van der Waals surface area contributed by atoms with Gasteiger partial charge in [-0.1, -0.05) is 25.7 Å². The molecule has 1 atom stereocenters. The van der Waals surface area contributed by atoms with E-state index < -0.39 is 29.1 Å². The fourth-order valence-electron chi connectivity index (χ4n) is 3.22. The average Bonchev–Trinajstić information content (AvgIpc) is 2.42. The molecule has 132 valence electrons. The Morgan fingerprint density at radius 3 is 1.78 bits per heavy atom. The highest BCUT2D eigenvalue weighted by atomic mass is 16.4. The lowest BCUT2D eigenvalue weighted by atomic mass is 9.71. The van der Waals surface area contributed by atoms with Gasteiger partial charge < -0.3 is 19.5 Å². The molecule has 0 saturated heterocycles. The van der Waals surface area contributed by atoms with Crippen LogP contribution < -0.4 is 5.11 Å². The van der Waals surface area contributed by atoms with Crippen LogP contribution in [0, 0.1) is 5.41 Å². The van der Waals surface area contributed by atoms with Crippen LogP contribution in [0.15, 0.2) is 0 Å². The third-order valence-corrected chi connectivity index (χ3v) is 4.48. The second-order valence-corrected chi connectivity index (χ2v) is 7.55. The summed E-state index contributed by atoms with van der Waals surface area (Å²) in [5, 5.41) is 22.4. The molecule has 0 heterocycles. The average molecular weight is 327 g/mol. The maximum absolute atomic E-state index is 12.6. The van der Waals surface area contributed by atoms with Gasteiger partial charge in [-0.2, -0.15) is 0 Å². The van der Waals surface area contributed by atoms with Crippen LogP contribution in [0.4, 0.5) is 0 Å². The molecule has 0 spiro atoms. The van der Waals surface area contributed by atoms with Crippen molar-refractivity contribution < 1.29 is 29.1 Å². The molecule has 0 aromatic rings. The first kappa shape index (κ1) is 19.8. The van der Waals surface area contributed by atoms with Crippen molar-refractivity contribution in [2.24, 2.45) is 5.41 Å². The van der Waals surface area contributed by atoms with E-state index in [9.17, 15) is 24.6 Å². The molecule has 0 aromatic heterocycles. The normalized spacial score (nSPS) is 22.3. The molecule has 6 heteroatoms. The molecule has 0 amide bonds. The first-order chi connectivity index (χ1) is 10.6. The van der Waals surface area contributed by atoms with Gasteiger partial charge in [0.2, 0.25) is 0 Å². The van der Waals surface area contributed by atoms with E-state index in [1.807, 2.05) is 0 Å². The van der Waals surface area contributed by atoms with Crippen molar-refractivity contribution in [1.29, 1.82) is 0 Å². The van der Waals surface area contributed by atoms with E-state index >= 15 is 0 Å². The molecule has 0 bridgehead atoms. The van der Waals surface area contributed by atoms with Crippen LogP contribution in [0.25, 0.3) is 0 Å². The van der Waals surface area contributed by atoms with Crippen molar-refractivity contribution in [3.8, 4) is 0 Å².